The summed E-state index contributed by atoms with van der Waals surface area (Å²) in [5.41, 5.74) is 1.30. The van der Waals surface area contributed by atoms with Crippen LogP contribution in [-0.4, -0.2) is 13.1 Å². The highest BCUT2D eigenvalue weighted by molar-refractivity contribution is 9.10. The Bertz CT molecular complexity index is 611. The molecule has 2 rings (SSSR count). The quantitative estimate of drug-likeness (QED) is 0.791. The number of rotatable bonds is 4. The Balaban J connectivity index is 2.02. The van der Waals surface area contributed by atoms with Crippen LogP contribution >= 0.6 is 15.9 Å². The Hall–Kier alpha value is -1.88. The Labute approximate surface area is 124 Å². The number of benzene rings is 2. The smallest absolute Gasteiger partial charge is 0.337 e. The minimum Gasteiger partial charge on any atom is -0.486 e. The minimum absolute atomic E-state index is 0.185. The van der Waals surface area contributed by atoms with Crippen LogP contribution in [0.2, 0.25) is 0 Å². The number of hydrogen-bond donors (Lipinski definition) is 0. The van der Waals surface area contributed by atoms with Gasteiger partial charge in [-0.25, -0.2) is 9.18 Å². The van der Waals surface area contributed by atoms with E-state index in [4.69, 9.17) is 4.74 Å². The van der Waals surface area contributed by atoms with Crippen LogP contribution in [0.5, 0.6) is 5.75 Å². The fourth-order valence-corrected chi connectivity index (χ4v) is 1.94. The molecule has 0 radical (unpaired) electrons. The number of carbonyl (C=O) groups is 1. The summed E-state index contributed by atoms with van der Waals surface area (Å²) in [6, 6.07) is 11.4. The van der Waals surface area contributed by atoms with Gasteiger partial charge in [0.2, 0.25) is 0 Å². The average Bonchev–Trinajstić information content (AvgIpc) is 2.46. The third-order valence-corrected chi connectivity index (χ3v) is 3.16. The van der Waals surface area contributed by atoms with E-state index in [1.807, 2.05) is 0 Å². The van der Waals surface area contributed by atoms with Crippen molar-refractivity contribution < 1.29 is 18.7 Å². The first-order valence-electron chi connectivity index (χ1n) is 5.85. The summed E-state index contributed by atoms with van der Waals surface area (Å²) >= 11 is 3.18. The standard InChI is InChI=1S/C15H12BrFO3/c1-19-15(18)11-4-2-10(3-5-11)9-20-14-7-6-12(16)8-13(14)17/h2-8H,9H2,1H3. The number of esters is 1. The van der Waals surface area contributed by atoms with Crippen LogP contribution in [0.15, 0.2) is 46.9 Å². The van der Waals surface area contributed by atoms with Crippen molar-refractivity contribution in [2.24, 2.45) is 0 Å². The highest BCUT2D eigenvalue weighted by Gasteiger charge is 2.06. The number of ether oxygens (including phenoxy) is 2. The molecule has 5 heteroatoms. The maximum atomic E-state index is 13.6. The van der Waals surface area contributed by atoms with Gasteiger partial charge in [-0.05, 0) is 35.9 Å². The van der Waals surface area contributed by atoms with Gasteiger partial charge >= 0.3 is 5.97 Å². The molecule has 104 valence electrons. The lowest BCUT2D eigenvalue weighted by molar-refractivity contribution is 0.0600. The number of halogens is 2. The zero-order valence-corrected chi connectivity index (χ0v) is 12.3. The van der Waals surface area contributed by atoms with Crippen LogP contribution in [0, 0.1) is 5.82 Å². The first kappa shape index (κ1) is 14.5. The normalized spacial score (nSPS) is 10.2. The van der Waals surface area contributed by atoms with E-state index in [0.717, 1.165) is 5.56 Å². The largest absolute Gasteiger partial charge is 0.486 e. The van der Waals surface area contributed by atoms with E-state index in [1.54, 1.807) is 36.4 Å². The first-order chi connectivity index (χ1) is 9.60. The monoisotopic (exact) mass is 338 g/mol. The van der Waals surface area contributed by atoms with Gasteiger partial charge < -0.3 is 9.47 Å². The van der Waals surface area contributed by atoms with Gasteiger partial charge in [0.15, 0.2) is 11.6 Å². The molecule has 0 N–H and O–H groups in total. The molecule has 2 aromatic rings. The van der Waals surface area contributed by atoms with E-state index in [9.17, 15) is 9.18 Å². The Morgan fingerprint density at radius 2 is 1.90 bits per heavy atom. The second-order valence-electron chi connectivity index (χ2n) is 4.05. The van der Waals surface area contributed by atoms with Crippen molar-refractivity contribution in [3.05, 3.63) is 63.9 Å². The molecule has 0 atom stereocenters. The maximum Gasteiger partial charge on any atom is 0.337 e. The van der Waals surface area contributed by atoms with Crippen LogP contribution in [-0.2, 0) is 11.3 Å². The summed E-state index contributed by atoms with van der Waals surface area (Å²) in [6.45, 7) is 0.222. The van der Waals surface area contributed by atoms with Crippen molar-refractivity contribution in [2.45, 2.75) is 6.61 Å². The first-order valence-corrected chi connectivity index (χ1v) is 6.64. The highest BCUT2D eigenvalue weighted by Crippen LogP contribution is 2.22. The van der Waals surface area contributed by atoms with Gasteiger partial charge in [-0.15, -0.1) is 0 Å². The van der Waals surface area contributed by atoms with E-state index in [1.165, 1.54) is 13.2 Å². The minimum atomic E-state index is -0.425. The number of hydrogen-bond acceptors (Lipinski definition) is 3. The molecule has 0 heterocycles. The van der Waals surface area contributed by atoms with Crippen molar-refractivity contribution in [2.75, 3.05) is 7.11 Å². The Morgan fingerprint density at radius 1 is 1.20 bits per heavy atom. The fourth-order valence-electron chi connectivity index (χ4n) is 1.61. The molecular formula is C15H12BrFO3. The second-order valence-corrected chi connectivity index (χ2v) is 4.97. The van der Waals surface area contributed by atoms with Crippen LogP contribution < -0.4 is 4.74 Å². The van der Waals surface area contributed by atoms with Gasteiger partial charge in [0.05, 0.1) is 12.7 Å². The van der Waals surface area contributed by atoms with Crippen molar-refractivity contribution in [3.63, 3.8) is 0 Å². The summed E-state index contributed by atoms with van der Waals surface area (Å²) in [5, 5.41) is 0. The summed E-state index contributed by atoms with van der Waals surface area (Å²) in [4.78, 5) is 11.3. The highest BCUT2D eigenvalue weighted by atomic mass is 79.9. The summed E-state index contributed by atoms with van der Waals surface area (Å²) in [5.74, 6) is -0.632. The zero-order chi connectivity index (χ0) is 14.5. The third kappa shape index (κ3) is 3.57. The predicted octanol–water partition coefficient (Wildman–Crippen LogP) is 3.95. The molecule has 0 aliphatic rings. The molecule has 3 nitrogen and oxygen atoms in total. The molecule has 0 amide bonds. The molecular weight excluding hydrogens is 327 g/mol. The van der Waals surface area contributed by atoms with Crippen LogP contribution in [0.1, 0.15) is 15.9 Å². The van der Waals surface area contributed by atoms with Crippen molar-refractivity contribution in [3.8, 4) is 5.75 Å². The molecule has 0 saturated carbocycles. The molecule has 0 saturated heterocycles. The number of methoxy groups -OCH3 is 1. The molecule has 0 aliphatic carbocycles. The summed E-state index contributed by atoms with van der Waals surface area (Å²) < 4.78 is 24.2. The molecule has 0 unspecified atom stereocenters. The van der Waals surface area contributed by atoms with Crippen LogP contribution in [0.25, 0.3) is 0 Å². The Morgan fingerprint density at radius 3 is 2.50 bits per heavy atom. The van der Waals surface area contributed by atoms with E-state index in [2.05, 4.69) is 20.7 Å². The molecule has 20 heavy (non-hydrogen) atoms. The topological polar surface area (TPSA) is 35.5 Å². The second kappa shape index (κ2) is 6.52. The maximum absolute atomic E-state index is 13.6. The van der Waals surface area contributed by atoms with Gasteiger partial charge in [0.25, 0.3) is 0 Å². The van der Waals surface area contributed by atoms with Crippen molar-refractivity contribution in [1.82, 2.24) is 0 Å². The molecule has 0 spiro atoms. The van der Waals surface area contributed by atoms with Gasteiger partial charge in [-0.1, -0.05) is 28.1 Å². The van der Waals surface area contributed by atoms with E-state index in [0.29, 0.717) is 10.0 Å². The summed E-state index contributed by atoms with van der Waals surface area (Å²) in [6.07, 6.45) is 0. The molecule has 0 aliphatic heterocycles. The lowest BCUT2D eigenvalue weighted by atomic mass is 10.1. The lowest BCUT2D eigenvalue weighted by Crippen LogP contribution is -2.02. The van der Waals surface area contributed by atoms with E-state index < -0.39 is 11.8 Å². The van der Waals surface area contributed by atoms with Crippen LogP contribution in [0.4, 0.5) is 4.39 Å². The molecule has 2 aromatic carbocycles. The molecule has 0 bridgehead atoms. The van der Waals surface area contributed by atoms with Crippen LogP contribution in [0.3, 0.4) is 0 Å². The fraction of sp³-hybridized carbons (Fsp3) is 0.133. The average molecular weight is 339 g/mol. The van der Waals surface area contributed by atoms with E-state index in [-0.39, 0.29) is 12.4 Å². The third-order valence-electron chi connectivity index (χ3n) is 2.66. The van der Waals surface area contributed by atoms with Gasteiger partial charge in [-0.2, -0.15) is 0 Å². The number of carbonyl (C=O) groups excluding carboxylic acids is 1. The van der Waals surface area contributed by atoms with Crippen molar-refractivity contribution in [1.29, 1.82) is 0 Å². The SMILES string of the molecule is COC(=O)c1ccc(COc2ccc(Br)cc2F)cc1. The van der Waals surface area contributed by atoms with Gasteiger partial charge in [-0.3, -0.25) is 0 Å². The Kier molecular flexibility index (Phi) is 4.74. The van der Waals surface area contributed by atoms with Crippen molar-refractivity contribution >= 4 is 21.9 Å². The van der Waals surface area contributed by atoms with E-state index >= 15 is 0 Å². The van der Waals surface area contributed by atoms with Gasteiger partial charge in [0.1, 0.15) is 6.61 Å². The zero-order valence-electron chi connectivity index (χ0n) is 10.7. The van der Waals surface area contributed by atoms with Gasteiger partial charge in [0, 0.05) is 4.47 Å². The lowest BCUT2D eigenvalue weighted by Gasteiger charge is -2.08. The molecule has 0 aromatic heterocycles. The summed E-state index contributed by atoms with van der Waals surface area (Å²) in [7, 11) is 1.33. The predicted molar refractivity (Wildman–Crippen MR) is 76.2 cm³/mol. The molecule has 0 fully saturated rings.